The Morgan fingerprint density at radius 1 is 1.21 bits per heavy atom. The van der Waals surface area contributed by atoms with Crippen molar-refractivity contribution in [2.45, 2.75) is 32.7 Å². The highest BCUT2D eigenvalue weighted by molar-refractivity contribution is 6.04. The van der Waals surface area contributed by atoms with Crippen LogP contribution in [0.15, 0.2) is 34.9 Å². The topological polar surface area (TPSA) is 80.0 Å². The fraction of sp³-hybridized carbons (Fsp3) is 0.278. The molecule has 0 aliphatic heterocycles. The number of hydrogen-bond acceptors (Lipinski definition) is 4. The zero-order chi connectivity index (χ0) is 16.7. The molecule has 122 valence electrons. The number of urea groups is 1. The van der Waals surface area contributed by atoms with Crippen LogP contribution in [-0.2, 0) is 12.8 Å². The third kappa shape index (κ3) is 2.50. The molecule has 0 radical (unpaired) electrons. The largest absolute Gasteiger partial charge is 0.337 e. The van der Waals surface area contributed by atoms with Crippen LogP contribution >= 0.6 is 0 Å². The number of carbonyl (C=O) groups is 1. The molecule has 6 nitrogen and oxygen atoms in total. The standard InChI is InChI=1S/C18H18N4O2/c1-10(17-20-11(2)22-24-17)19-18(23)21-15-9-8-13-7-6-12-4-3-5-14(15)16(12)13/h3-5,8-10H,6-7H2,1-2H3,(H2,19,21,23). The van der Waals surface area contributed by atoms with Gasteiger partial charge < -0.3 is 15.2 Å². The van der Waals surface area contributed by atoms with Gasteiger partial charge in [-0.2, -0.15) is 4.98 Å². The van der Waals surface area contributed by atoms with Crippen LogP contribution in [0, 0.1) is 6.92 Å². The number of benzene rings is 2. The molecule has 2 amide bonds. The Morgan fingerprint density at radius 2 is 2.00 bits per heavy atom. The normalized spacial score (nSPS) is 13.9. The van der Waals surface area contributed by atoms with Gasteiger partial charge in [0.2, 0.25) is 5.89 Å². The fourth-order valence-electron chi connectivity index (χ4n) is 3.26. The van der Waals surface area contributed by atoms with Gasteiger partial charge in [-0.3, -0.25) is 0 Å². The second-order valence-corrected chi connectivity index (χ2v) is 6.11. The predicted molar refractivity (Wildman–Crippen MR) is 91.0 cm³/mol. The number of aryl methyl sites for hydroxylation is 3. The molecule has 0 bridgehead atoms. The maximum absolute atomic E-state index is 12.3. The first-order chi connectivity index (χ1) is 11.6. The molecular weight excluding hydrogens is 304 g/mol. The summed E-state index contributed by atoms with van der Waals surface area (Å²) in [6.07, 6.45) is 2.13. The fourth-order valence-corrected chi connectivity index (χ4v) is 3.26. The van der Waals surface area contributed by atoms with Crippen LogP contribution in [0.2, 0.25) is 0 Å². The lowest BCUT2D eigenvalue weighted by molar-refractivity contribution is 0.245. The lowest BCUT2D eigenvalue weighted by Crippen LogP contribution is -2.31. The van der Waals surface area contributed by atoms with E-state index in [1.54, 1.807) is 13.8 Å². The average Bonchev–Trinajstić information content (AvgIpc) is 3.18. The molecule has 1 aliphatic rings. The van der Waals surface area contributed by atoms with Crippen LogP contribution in [0.4, 0.5) is 10.5 Å². The Bertz CT molecular complexity index is 922. The molecule has 0 saturated carbocycles. The van der Waals surface area contributed by atoms with Crippen molar-refractivity contribution in [3.63, 3.8) is 0 Å². The minimum atomic E-state index is -0.358. The molecule has 2 N–H and O–H groups in total. The predicted octanol–water partition coefficient (Wildman–Crippen LogP) is 3.51. The van der Waals surface area contributed by atoms with Crippen LogP contribution in [-0.4, -0.2) is 16.2 Å². The van der Waals surface area contributed by atoms with Crippen molar-refractivity contribution in [3.8, 4) is 0 Å². The minimum Gasteiger partial charge on any atom is -0.337 e. The number of nitrogens with one attached hydrogen (secondary N) is 2. The second kappa shape index (κ2) is 5.63. The van der Waals surface area contributed by atoms with Crippen LogP contribution in [0.3, 0.4) is 0 Å². The molecule has 1 heterocycles. The third-order valence-corrected chi connectivity index (χ3v) is 4.39. The summed E-state index contributed by atoms with van der Waals surface area (Å²) < 4.78 is 5.08. The van der Waals surface area contributed by atoms with Crippen LogP contribution in [0.25, 0.3) is 10.8 Å². The van der Waals surface area contributed by atoms with Gasteiger partial charge in [0.05, 0.1) is 5.69 Å². The maximum Gasteiger partial charge on any atom is 0.319 e. The van der Waals surface area contributed by atoms with E-state index in [9.17, 15) is 4.79 Å². The van der Waals surface area contributed by atoms with E-state index in [2.05, 4.69) is 32.9 Å². The van der Waals surface area contributed by atoms with Gasteiger partial charge in [-0.05, 0) is 49.3 Å². The molecule has 0 spiro atoms. The monoisotopic (exact) mass is 322 g/mol. The number of nitrogens with zero attached hydrogens (tertiary/aromatic N) is 2. The molecule has 1 atom stereocenters. The third-order valence-electron chi connectivity index (χ3n) is 4.39. The molecule has 24 heavy (non-hydrogen) atoms. The first-order valence-corrected chi connectivity index (χ1v) is 8.03. The Hall–Kier alpha value is -2.89. The van der Waals surface area contributed by atoms with Crippen molar-refractivity contribution >= 4 is 22.5 Å². The van der Waals surface area contributed by atoms with E-state index >= 15 is 0 Å². The van der Waals surface area contributed by atoms with E-state index in [1.165, 1.54) is 16.5 Å². The Labute approximate surface area is 139 Å². The molecule has 2 aromatic carbocycles. The van der Waals surface area contributed by atoms with E-state index in [1.807, 2.05) is 18.2 Å². The number of anilines is 1. The summed E-state index contributed by atoms with van der Waals surface area (Å²) in [7, 11) is 0. The van der Waals surface area contributed by atoms with Gasteiger partial charge in [-0.15, -0.1) is 0 Å². The van der Waals surface area contributed by atoms with Crippen molar-refractivity contribution in [2.24, 2.45) is 0 Å². The van der Waals surface area contributed by atoms with Crippen molar-refractivity contribution in [1.82, 2.24) is 15.5 Å². The number of aromatic nitrogens is 2. The lowest BCUT2D eigenvalue weighted by atomic mass is 10.0. The molecule has 6 heteroatoms. The van der Waals surface area contributed by atoms with E-state index in [0.717, 1.165) is 23.9 Å². The van der Waals surface area contributed by atoms with Gasteiger partial charge in [0.1, 0.15) is 6.04 Å². The molecule has 4 rings (SSSR count). The Morgan fingerprint density at radius 3 is 2.75 bits per heavy atom. The second-order valence-electron chi connectivity index (χ2n) is 6.11. The van der Waals surface area contributed by atoms with E-state index < -0.39 is 0 Å². The highest BCUT2D eigenvalue weighted by atomic mass is 16.5. The van der Waals surface area contributed by atoms with E-state index in [-0.39, 0.29) is 12.1 Å². The lowest BCUT2D eigenvalue weighted by Gasteiger charge is -2.13. The molecule has 0 fully saturated rings. The smallest absolute Gasteiger partial charge is 0.319 e. The number of hydrogen-bond donors (Lipinski definition) is 2. The number of rotatable bonds is 3. The van der Waals surface area contributed by atoms with E-state index in [0.29, 0.717) is 11.7 Å². The minimum absolute atomic E-state index is 0.294. The number of amides is 2. The summed E-state index contributed by atoms with van der Waals surface area (Å²) in [5.74, 6) is 0.939. The quantitative estimate of drug-likeness (QED) is 0.773. The van der Waals surface area contributed by atoms with Gasteiger partial charge in [-0.25, -0.2) is 4.79 Å². The molecular formula is C18H18N4O2. The van der Waals surface area contributed by atoms with E-state index in [4.69, 9.17) is 4.52 Å². The zero-order valence-electron chi connectivity index (χ0n) is 13.6. The van der Waals surface area contributed by atoms with Gasteiger partial charge in [0.25, 0.3) is 0 Å². The Balaban J connectivity index is 1.55. The van der Waals surface area contributed by atoms with Crippen LogP contribution in [0.1, 0.15) is 35.8 Å². The highest BCUT2D eigenvalue weighted by Gasteiger charge is 2.18. The summed E-state index contributed by atoms with van der Waals surface area (Å²) in [6.45, 7) is 3.55. The van der Waals surface area contributed by atoms with Gasteiger partial charge in [0, 0.05) is 5.39 Å². The highest BCUT2D eigenvalue weighted by Crippen LogP contribution is 2.34. The Kier molecular flexibility index (Phi) is 3.45. The van der Waals surface area contributed by atoms with Crippen molar-refractivity contribution in [1.29, 1.82) is 0 Å². The van der Waals surface area contributed by atoms with Crippen molar-refractivity contribution in [2.75, 3.05) is 5.32 Å². The summed E-state index contributed by atoms with van der Waals surface area (Å²) in [4.78, 5) is 16.5. The van der Waals surface area contributed by atoms with Crippen LogP contribution < -0.4 is 10.6 Å². The summed E-state index contributed by atoms with van der Waals surface area (Å²) in [6, 6.07) is 9.66. The molecule has 0 saturated heterocycles. The molecule has 3 aromatic rings. The van der Waals surface area contributed by atoms with Crippen LogP contribution in [0.5, 0.6) is 0 Å². The van der Waals surface area contributed by atoms with Gasteiger partial charge in [-0.1, -0.05) is 29.4 Å². The summed E-state index contributed by atoms with van der Waals surface area (Å²) in [5.41, 5.74) is 3.51. The summed E-state index contributed by atoms with van der Waals surface area (Å²) >= 11 is 0. The molecule has 1 unspecified atom stereocenters. The molecule has 1 aromatic heterocycles. The first kappa shape index (κ1) is 14.7. The van der Waals surface area contributed by atoms with Gasteiger partial charge >= 0.3 is 6.03 Å². The zero-order valence-corrected chi connectivity index (χ0v) is 13.6. The summed E-state index contributed by atoms with van der Waals surface area (Å²) in [5, 5.41) is 11.9. The average molecular weight is 322 g/mol. The maximum atomic E-state index is 12.3. The van der Waals surface area contributed by atoms with Gasteiger partial charge in [0.15, 0.2) is 5.82 Å². The first-order valence-electron chi connectivity index (χ1n) is 8.03. The number of carbonyl (C=O) groups excluding carboxylic acids is 1. The molecule has 1 aliphatic carbocycles. The van der Waals surface area contributed by atoms with Crippen molar-refractivity contribution < 1.29 is 9.32 Å². The van der Waals surface area contributed by atoms with Crippen molar-refractivity contribution in [3.05, 3.63) is 53.2 Å². The SMILES string of the molecule is Cc1noc(C(C)NC(=O)Nc2ccc3c4c(cccc24)CC3)n1.